The van der Waals surface area contributed by atoms with Gasteiger partial charge in [-0.2, -0.15) is 0 Å². The van der Waals surface area contributed by atoms with E-state index in [1.807, 2.05) is 49.5 Å². The van der Waals surface area contributed by atoms with Crippen LogP contribution in [0.25, 0.3) is 10.8 Å². The number of nitrogens with one attached hydrogen (secondary N) is 1. The van der Waals surface area contributed by atoms with Gasteiger partial charge >= 0.3 is 0 Å². The van der Waals surface area contributed by atoms with E-state index in [1.165, 1.54) is 0 Å². The molecule has 1 N–H and O–H groups in total. The first-order chi connectivity index (χ1) is 11.7. The maximum Gasteiger partial charge on any atom is 0.255 e. The van der Waals surface area contributed by atoms with Crippen LogP contribution in [0.1, 0.15) is 22.1 Å². The van der Waals surface area contributed by atoms with Crippen molar-refractivity contribution >= 4 is 22.4 Å². The molecule has 1 aliphatic heterocycles. The van der Waals surface area contributed by atoms with Crippen molar-refractivity contribution in [3.05, 3.63) is 71.8 Å². The van der Waals surface area contributed by atoms with Gasteiger partial charge < -0.3 is 15.0 Å². The van der Waals surface area contributed by atoms with E-state index < -0.39 is 0 Å². The fraction of sp³-hybridized carbons (Fsp3) is 0.150. The maximum atomic E-state index is 12.5. The van der Waals surface area contributed by atoms with Crippen LogP contribution in [0.3, 0.4) is 0 Å². The lowest BCUT2D eigenvalue weighted by Gasteiger charge is -2.37. The molecule has 0 radical (unpaired) electrons. The summed E-state index contributed by atoms with van der Waals surface area (Å²) in [7, 11) is 3.64. The van der Waals surface area contributed by atoms with E-state index in [0.717, 1.165) is 27.8 Å². The number of benzene rings is 3. The summed E-state index contributed by atoms with van der Waals surface area (Å²) in [6.07, 6.45) is -0.271. The second kappa shape index (κ2) is 5.57. The number of anilines is 1. The molecule has 1 aliphatic rings. The van der Waals surface area contributed by atoms with Gasteiger partial charge in [0, 0.05) is 12.6 Å². The van der Waals surface area contributed by atoms with Gasteiger partial charge in [0.25, 0.3) is 5.91 Å². The summed E-state index contributed by atoms with van der Waals surface area (Å²) in [6, 6.07) is 19.9. The number of para-hydroxylation sites is 1. The SMILES string of the molecule is COc1cc2ccccc2cc1C1NC(=O)c2ccccc2N1C. The Labute approximate surface area is 140 Å². The summed E-state index contributed by atoms with van der Waals surface area (Å²) in [5.74, 6) is 0.703. The number of amides is 1. The highest BCUT2D eigenvalue weighted by Gasteiger charge is 2.31. The van der Waals surface area contributed by atoms with Crippen LogP contribution in [0, 0.1) is 0 Å². The standard InChI is InChI=1S/C20H18N2O2/c1-22-17-10-6-5-9-15(17)20(23)21-19(22)16-11-13-7-3-4-8-14(13)12-18(16)24-2/h3-12,19H,1-2H3,(H,21,23). The predicted molar refractivity (Wildman–Crippen MR) is 95.6 cm³/mol. The Morgan fingerprint density at radius 1 is 1.00 bits per heavy atom. The zero-order valence-electron chi connectivity index (χ0n) is 13.6. The monoisotopic (exact) mass is 318 g/mol. The molecule has 120 valence electrons. The van der Waals surface area contributed by atoms with Crippen LogP contribution in [0.2, 0.25) is 0 Å². The number of carbonyl (C=O) groups excluding carboxylic acids is 1. The quantitative estimate of drug-likeness (QED) is 0.783. The molecular weight excluding hydrogens is 300 g/mol. The normalized spacial score (nSPS) is 16.7. The molecule has 3 aromatic rings. The Bertz CT molecular complexity index is 936. The molecule has 0 spiro atoms. The zero-order chi connectivity index (χ0) is 16.7. The summed E-state index contributed by atoms with van der Waals surface area (Å²) in [5.41, 5.74) is 2.55. The molecule has 1 unspecified atom stereocenters. The molecule has 1 heterocycles. The van der Waals surface area contributed by atoms with Crippen LogP contribution < -0.4 is 15.0 Å². The number of hydrogen-bond acceptors (Lipinski definition) is 3. The summed E-state index contributed by atoms with van der Waals surface area (Å²) < 4.78 is 5.60. The Balaban J connectivity index is 1.87. The zero-order valence-corrected chi connectivity index (χ0v) is 13.6. The van der Waals surface area contributed by atoms with Gasteiger partial charge in [-0.1, -0.05) is 36.4 Å². The van der Waals surface area contributed by atoms with Crippen molar-refractivity contribution in [3.8, 4) is 5.75 Å². The lowest BCUT2D eigenvalue weighted by molar-refractivity contribution is 0.0927. The Morgan fingerprint density at radius 3 is 2.42 bits per heavy atom. The minimum atomic E-state index is -0.271. The number of hydrogen-bond donors (Lipinski definition) is 1. The third-order valence-corrected chi connectivity index (χ3v) is 4.58. The first kappa shape index (κ1) is 14.6. The molecule has 4 rings (SSSR count). The lowest BCUT2D eigenvalue weighted by Crippen LogP contribution is -2.44. The Hall–Kier alpha value is -3.01. The van der Waals surface area contributed by atoms with Gasteiger partial charge in [-0.15, -0.1) is 0 Å². The highest BCUT2D eigenvalue weighted by molar-refractivity contribution is 6.02. The van der Waals surface area contributed by atoms with Gasteiger partial charge in [0.05, 0.1) is 18.4 Å². The number of nitrogens with zero attached hydrogens (tertiary/aromatic N) is 1. The summed E-state index contributed by atoms with van der Waals surface area (Å²) in [5, 5.41) is 5.32. The van der Waals surface area contributed by atoms with Crippen molar-refractivity contribution in [1.82, 2.24) is 5.32 Å². The first-order valence-corrected chi connectivity index (χ1v) is 7.88. The van der Waals surface area contributed by atoms with E-state index in [2.05, 4.69) is 28.4 Å². The van der Waals surface area contributed by atoms with Crippen molar-refractivity contribution in [3.63, 3.8) is 0 Å². The van der Waals surface area contributed by atoms with Crippen molar-refractivity contribution < 1.29 is 9.53 Å². The minimum absolute atomic E-state index is 0.0658. The fourth-order valence-corrected chi connectivity index (χ4v) is 3.32. The predicted octanol–water partition coefficient (Wildman–Crippen LogP) is 3.73. The fourth-order valence-electron chi connectivity index (χ4n) is 3.32. The van der Waals surface area contributed by atoms with Crippen LogP contribution in [0.15, 0.2) is 60.7 Å². The van der Waals surface area contributed by atoms with Gasteiger partial charge in [-0.3, -0.25) is 4.79 Å². The molecule has 0 saturated carbocycles. The van der Waals surface area contributed by atoms with Gasteiger partial charge in [-0.05, 0) is 35.0 Å². The molecule has 0 aromatic heterocycles. The van der Waals surface area contributed by atoms with E-state index in [0.29, 0.717) is 5.56 Å². The van der Waals surface area contributed by atoms with E-state index in [4.69, 9.17) is 4.74 Å². The topological polar surface area (TPSA) is 41.6 Å². The molecular formula is C20H18N2O2. The van der Waals surface area contributed by atoms with Crippen LogP contribution in [-0.4, -0.2) is 20.1 Å². The molecule has 0 saturated heterocycles. The van der Waals surface area contributed by atoms with Crippen molar-refractivity contribution in [1.29, 1.82) is 0 Å². The van der Waals surface area contributed by atoms with Crippen molar-refractivity contribution in [2.24, 2.45) is 0 Å². The summed E-state index contributed by atoms with van der Waals surface area (Å²) in [6.45, 7) is 0. The highest BCUT2D eigenvalue weighted by atomic mass is 16.5. The molecule has 0 fully saturated rings. The number of ether oxygens (including phenoxy) is 1. The second-order valence-corrected chi connectivity index (χ2v) is 5.95. The molecule has 0 aliphatic carbocycles. The van der Waals surface area contributed by atoms with Crippen LogP contribution in [0.5, 0.6) is 5.75 Å². The third kappa shape index (κ3) is 2.19. The van der Waals surface area contributed by atoms with E-state index in [9.17, 15) is 4.79 Å². The molecule has 24 heavy (non-hydrogen) atoms. The molecule has 1 amide bonds. The number of fused-ring (bicyclic) bond motifs is 2. The smallest absolute Gasteiger partial charge is 0.255 e. The van der Waals surface area contributed by atoms with Gasteiger partial charge in [-0.25, -0.2) is 0 Å². The molecule has 4 nitrogen and oxygen atoms in total. The van der Waals surface area contributed by atoms with Crippen molar-refractivity contribution in [2.45, 2.75) is 6.17 Å². The highest BCUT2D eigenvalue weighted by Crippen LogP contribution is 2.37. The number of methoxy groups -OCH3 is 1. The Kier molecular flexibility index (Phi) is 3.38. The lowest BCUT2D eigenvalue weighted by atomic mass is 10.00. The van der Waals surface area contributed by atoms with Gasteiger partial charge in [0.2, 0.25) is 0 Å². The first-order valence-electron chi connectivity index (χ1n) is 7.88. The van der Waals surface area contributed by atoms with Gasteiger partial charge in [0.15, 0.2) is 0 Å². The average molecular weight is 318 g/mol. The number of carbonyl (C=O) groups is 1. The molecule has 3 aromatic carbocycles. The van der Waals surface area contributed by atoms with Crippen LogP contribution >= 0.6 is 0 Å². The third-order valence-electron chi connectivity index (χ3n) is 4.58. The largest absolute Gasteiger partial charge is 0.496 e. The molecule has 4 heteroatoms. The summed E-state index contributed by atoms with van der Waals surface area (Å²) in [4.78, 5) is 14.6. The van der Waals surface area contributed by atoms with Crippen LogP contribution in [-0.2, 0) is 0 Å². The van der Waals surface area contributed by atoms with Crippen molar-refractivity contribution in [2.75, 3.05) is 19.1 Å². The summed E-state index contributed by atoms with van der Waals surface area (Å²) >= 11 is 0. The average Bonchev–Trinajstić information content (AvgIpc) is 2.63. The minimum Gasteiger partial charge on any atom is -0.496 e. The Morgan fingerprint density at radius 2 is 1.67 bits per heavy atom. The maximum absolute atomic E-state index is 12.5. The van der Waals surface area contributed by atoms with Crippen LogP contribution in [0.4, 0.5) is 5.69 Å². The van der Waals surface area contributed by atoms with E-state index >= 15 is 0 Å². The molecule has 1 atom stereocenters. The van der Waals surface area contributed by atoms with Gasteiger partial charge in [0.1, 0.15) is 11.9 Å². The second-order valence-electron chi connectivity index (χ2n) is 5.95. The molecule has 0 bridgehead atoms. The van der Waals surface area contributed by atoms with E-state index in [-0.39, 0.29) is 12.1 Å². The van der Waals surface area contributed by atoms with E-state index in [1.54, 1.807) is 7.11 Å². The number of rotatable bonds is 2.